The average Bonchev–Trinajstić information content (AvgIpc) is 3.29. The van der Waals surface area contributed by atoms with Gasteiger partial charge in [-0.15, -0.1) is 0 Å². The van der Waals surface area contributed by atoms with Gasteiger partial charge in [0, 0.05) is 49.4 Å². The molecule has 2 saturated heterocycles. The van der Waals surface area contributed by atoms with Gasteiger partial charge in [-0.25, -0.2) is 0 Å². The zero-order valence-electron chi connectivity index (χ0n) is 16.6. The zero-order valence-corrected chi connectivity index (χ0v) is 16.6. The molecule has 6 nitrogen and oxygen atoms in total. The Morgan fingerprint density at radius 1 is 0.857 bits per heavy atom. The number of benzene rings is 1. The van der Waals surface area contributed by atoms with E-state index in [1.165, 1.54) is 18.5 Å². The monoisotopic (exact) mass is 385 g/mol. The molecule has 0 radical (unpaired) electrons. The Morgan fingerprint density at radius 2 is 1.46 bits per heavy atom. The highest BCUT2D eigenvalue weighted by molar-refractivity contribution is 5.93. The first-order chi connectivity index (χ1) is 13.7. The first-order valence-corrected chi connectivity index (χ1v) is 10.7. The third-order valence-corrected chi connectivity index (χ3v) is 6.38. The minimum absolute atomic E-state index is 0.00648. The third-order valence-electron chi connectivity index (χ3n) is 6.38. The van der Waals surface area contributed by atoms with Gasteiger partial charge in [0.15, 0.2) is 0 Å². The first kappa shape index (κ1) is 19.2. The summed E-state index contributed by atoms with van der Waals surface area (Å²) in [7, 11) is 0. The van der Waals surface area contributed by atoms with Crippen LogP contribution in [0.2, 0.25) is 0 Å². The Balaban J connectivity index is 1.25. The van der Waals surface area contributed by atoms with Gasteiger partial charge in [-0.2, -0.15) is 0 Å². The molecule has 1 N–H and O–H groups in total. The molecule has 0 spiro atoms. The van der Waals surface area contributed by atoms with Crippen LogP contribution in [0.1, 0.15) is 38.5 Å². The lowest BCUT2D eigenvalue weighted by atomic mass is 9.81. The van der Waals surface area contributed by atoms with Crippen molar-refractivity contribution >= 4 is 23.2 Å². The molecular weight excluding hydrogens is 354 g/mol. The molecule has 0 aromatic heterocycles. The van der Waals surface area contributed by atoms with Crippen LogP contribution in [0.4, 0.5) is 11.4 Å². The predicted molar refractivity (Wildman–Crippen MR) is 109 cm³/mol. The molecule has 1 aromatic rings. The van der Waals surface area contributed by atoms with Crippen molar-refractivity contribution in [2.75, 3.05) is 49.6 Å². The zero-order chi connectivity index (χ0) is 19.3. The number of carbonyl (C=O) groups excluding carboxylic acids is 2. The molecule has 1 aromatic carbocycles. The summed E-state index contributed by atoms with van der Waals surface area (Å²) >= 11 is 0. The standard InChI is InChI=1S/C22H31N3O3/c26-21(23-19-7-9-20(10-8-19)24-11-1-2-12-24)17-3-5-18(6-4-17)22(27)25-13-15-28-16-14-25/h7-10,17-18H,1-6,11-16H2,(H,23,26). The summed E-state index contributed by atoms with van der Waals surface area (Å²) < 4.78 is 5.33. The van der Waals surface area contributed by atoms with Crippen LogP contribution >= 0.6 is 0 Å². The average molecular weight is 386 g/mol. The number of hydrogen-bond donors (Lipinski definition) is 1. The number of amides is 2. The smallest absolute Gasteiger partial charge is 0.227 e. The molecule has 0 bridgehead atoms. The van der Waals surface area contributed by atoms with E-state index < -0.39 is 0 Å². The molecular formula is C22H31N3O3. The fourth-order valence-electron chi connectivity index (χ4n) is 4.62. The Bertz CT molecular complexity index is 671. The van der Waals surface area contributed by atoms with Crippen LogP contribution in [0, 0.1) is 11.8 Å². The molecule has 0 atom stereocenters. The number of nitrogens with one attached hydrogen (secondary N) is 1. The van der Waals surface area contributed by atoms with Gasteiger partial charge < -0.3 is 19.9 Å². The maximum Gasteiger partial charge on any atom is 0.227 e. The molecule has 2 heterocycles. The Morgan fingerprint density at radius 3 is 2.11 bits per heavy atom. The molecule has 3 aliphatic rings. The lowest BCUT2D eigenvalue weighted by molar-refractivity contribution is -0.141. The van der Waals surface area contributed by atoms with E-state index in [2.05, 4.69) is 22.3 Å². The van der Waals surface area contributed by atoms with Crippen LogP contribution < -0.4 is 10.2 Å². The van der Waals surface area contributed by atoms with E-state index in [9.17, 15) is 9.59 Å². The second-order valence-electron chi connectivity index (χ2n) is 8.22. The van der Waals surface area contributed by atoms with Crippen LogP contribution in [0.25, 0.3) is 0 Å². The summed E-state index contributed by atoms with van der Waals surface area (Å²) in [5, 5.41) is 3.07. The van der Waals surface area contributed by atoms with Crippen LogP contribution in [0.5, 0.6) is 0 Å². The van der Waals surface area contributed by atoms with Crippen molar-refractivity contribution in [2.45, 2.75) is 38.5 Å². The molecule has 28 heavy (non-hydrogen) atoms. The predicted octanol–water partition coefficient (Wildman–Crippen LogP) is 2.89. The second kappa shape index (κ2) is 8.95. The quantitative estimate of drug-likeness (QED) is 0.866. The lowest BCUT2D eigenvalue weighted by Crippen LogP contribution is -2.44. The normalized spacial score (nSPS) is 25.6. The van der Waals surface area contributed by atoms with Crippen LogP contribution in [0.15, 0.2) is 24.3 Å². The van der Waals surface area contributed by atoms with Crippen molar-refractivity contribution in [2.24, 2.45) is 11.8 Å². The fraction of sp³-hybridized carbons (Fsp3) is 0.636. The maximum atomic E-state index is 12.7. The number of ether oxygens (including phenoxy) is 1. The van der Waals surface area contributed by atoms with E-state index in [0.29, 0.717) is 26.3 Å². The summed E-state index contributed by atoms with van der Waals surface area (Å²) in [6.45, 7) is 4.93. The number of anilines is 2. The van der Waals surface area contributed by atoms with Gasteiger partial charge in [-0.05, 0) is 62.8 Å². The molecule has 3 fully saturated rings. The van der Waals surface area contributed by atoms with E-state index in [1.807, 2.05) is 17.0 Å². The highest BCUT2D eigenvalue weighted by Gasteiger charge is 2.32. The topological polar surface area (TPSA) is 61.9 Å². The van der Waals surface area contributed by atoms with E-state index in [1.54, 1.807) is 0 Å². The van der Waals surface area contributed by atoms with Crippen molar-refractivity contribution in [1.29, 1.82) is 0 Å². The van der Waals surface area contributed by atoms with Gasteiger partial charge in [-0.1, -0.05) is 0 Å². The molecule has 0 unspecified atom stereocenters. The molecule has 152 valence electrons. The van der Waals surface area contributed by atoms with Crippen molar-refractivity contribution in [3.05, 3.63) is 24.3 Å². The number of morpholine rings is 1. The number of carbonyl (C=O) groups is 2. The number of rotatable bonds is 4. The van der Waals surface area contributed by atoms with Gasteiger partial charge in [0.05, 0.1) is 13.2 Å². The largest absolute Gasteiger partial charge is 0.378 e. The van der Waals surface area contributed by atoms with E-state index >= 15 is 0 Å². The number of nitrogens with zero attached hydrogens (tertiary/aromatic N) is 2. The van der Waals surface area contributed by atoms with Gasteiger partial charge in [0.2, 0.25) is 11.8 Å². The highest BCUT2D eigenvalue weighted by atomic mass is 16.5. The number of hydrogen-bond acceptors (Lipinski definition) is 4. The molecule has 2 aliphatic heterocycles. The van der Waals surface area contributed by atoms with Gasteiger partial charge in [0.25, 0.3) is 0 Å². The minimum atomic E-state index is 0.00648. The van der Waals surface area contributed by atoms with Gasteiger partial charge >= 0.3 is 0 Å². The molecule has 2 amide bonds. The maximum absolute atomic E-state index is 12.7. The SMILES string of the molecule is O=C(Nc1ccc(N2CCCC2)cc1)C1CCC(C(=O)N2CCOCC2)CC1. The van der Waals surface area contributed by atoms with Gasteiger partial charge in [-0.3, -0.25) is 9.59 Å². The van der Waals surface area contributed by atoms with Crippen molar-refractivity contribution < 1.29 is 14.3 Å². The molecule has 4 rings (SSSR count). The highest BCUT2D eigenvalue weighted by Crippen LogP contribution is 2.31. The summed E-state index contributed by atoms with van der Waals surface area (Å²) in [5.41, 5.74) is 2.09. The Hall–Kier alpha value is -2.08. The van der Waals surface area contributed by atoms with Crippen molar-refractivity contribution in [1.82, 2.24) is 4.90 Å². The molecule has 1 saturated carbocycles. The Labute approximate surface area is 167 Å². The van der Waals surface area contributed by atoms with E-state index in [0.717, 1.165) is 44.5 Å². The van der Waals surface area contributed by atoms with E-state index in [-0.39, 0.29) is 23.7 Å². The molecule has 6 heteroatoms. The van der Waals surface area contributed by atoms with Crippen LogP contribution in [0.3, 0.4) is 0 Å². The van der Waals surface area contributed by atoms with Crippen molar-refractivity contribution in [3.8, 4) is 0 Å². The Kier molecular flexibility index (Phi) is 6.15. The van der Waals surface area contributed by atoms with Crippen LogP contribution in [-0.4, -0.2) is 56.1 Å². The van der Waals surface area contributed by atoms with Gasteiger partial charge in [0.1, 0.15) is 0 Å². The third kappa shape index (κ3) is 4.49. The summed E-state index contributed by atoms with van der Waals surface area (Å²) in [6.07, 6.45) is 5.71. The van der Waals surface area contributed by atoms with Crippen molar-refractivity contribution in [3.63, 3.8) is 0 Å². The lowest BCUT2D eigenvalue weighted by Gasteiger charge is -2.33. The fourth-order valence-corrected chi connectivity index (χ4v) is 4.62. The first-order valence-electron chi connectivity index (χ1n) is 10.7. The summed E-state index contributed by atoms with van der Waals surface area (Å²) in [5.74, 6) is 0.416. The summed E-state index contributed by atoms with van der Waals surface area (Å²) in [6, 6.07) is 8.19. The second-order valence-corrected chi connectivity index (χ2v) is 8.22. The van der Waals surface area contributed by atoms with Crippen LogP contribution in [-0.2, 0) is 14.3 Å². The molecule has 1 aliphatic carbocycles. The van der Waals surface area contributed by atoms with E-state index in [4.69, 9.17) is 4.74 Å². The summed E-state index contributed by atoms with van der Waals surface area (Å²) in [4.78, 5) is 29.6. The minimum Gasteiger partial charge on any atom is -0.378 e.